The van der Waals surface area contributed by atoms with Crippen LogP contribution >= 0.6 is 11.6 Å². The van der Waals surface area contributed by atoms with Crippen LogP contribution in [0.25, 0.3) is 0 Å². The number of carbonyl (C=O) groups excluding carboxylic acids is 1. The molecule has 0 fully saturated rings. The van der Waals surface area contributed by atoms with Gasteiger partial charge in [0.05, 0.1) is 0 Å². The molecule has 1 N–H and O–H groups in total. The van der Waals surface area contributed by atoms with Gasteiger partial charge in [-0.05, 0) is 24.8 Å². The van der Waals surface area contributed by atoms with Crippen LogP contribution in [0.15, 0.2) is 43.0 Å². The molecule has 21 heavy (non-hydrogen) atoms. The van der Waals surface area contributed by atoms with Gasteiger partial charge < -0.3 is 10.1 Å². The molecule has 3 nitrogen and oxygen atoms in total. The van der Waals surface area contributed by atoms with Crippen LogP contribution in [0, 0.1) is 0 Å². The van der Waals surface area contributed by atoms with Crippen molar-refractivity contribution in [2.45, 2.75) is 44.8 Å². The maximum absolute atomic E-state index is 11.8. The summed E-state index contributed by atoms with van der Waals surface area (Å²) < 4.78 is 5.23. The number of unbranched alkanes of at least 4 members (excludes halogenated alkanes) is 2. The van der Waals surface area contributed by atoms with Crippen LogP contribution < -0.4 is 5.32 Å². The normalized spacial score (nSPS) is 11.7. The number of ether oxygens (including phenoxy) is 1. The molecule has 0 saturated heterocycles. The van der Waals surface area contributed by atoms with E-state index in [0.29, 0.717) is 12.5 Å². The fourth-order valence-corrected chi connectivity index (χ4v) is 2.23. The van der Waals surface area contributed by atoms with E-state index in [-0.39, 0.29) is 12.1 Å². The average Bonchev–Trinajstić information content (AvgIpc) is 2.51. The third-order valence-corrected chi connectivity index (χ3v) is 3.44. The van der Waals surface area contributed by atoms with Crippen LogP contribution in [-0.2, 0) is 11.3 Å². The molecule has 0 aliphatic carbocycles. The molecule has 0 saturated carbocycles. The average molecular weight is 310 g/mol. The maximum atomic E-state index is 11.8. The summed E-state index contributed by atoms with van der Waals surface area (Å²) in [7, 11) is 0. The minimum atomic E-state index is -0.372. The molecular formula is C17H24ClNO2. The number of hydrogen-bond donors (Lipinski definition) is 1. The third kappa shape index (κ3) is 8.41. The summed E-state index contributed by atoms with van der Waals surface area (Å²) in [6.07, 6.45) is 6.26. The van der Waals surface area contributed by atoms with Crippen LogP contribution in [0.3, 0.4) is 0 Å². The number of hydrogen-bond acceptors (Lipinski definition) is 2. The van der Waals surface area contributed by atoms with Gasteiger partial charge in [0, 0.05) is 11.9 Å². The topological polar surface area (TPSA) is 38.3 Å². The number of rotatable bonds is 10. The quantitative estimate of drug-likeness (QED) is 0.388. The number of carbonyl (C=O) groups is 1. The summed E-state index contributed by atoms with van der Waals surface area (Å²) in [6, 6.07) is 9.73. The molecule has 1 amide bonds. The van der Waals surface area contributed by atoms with Gasteiger partial charge in [0.1, 0.15) is 6.61 Å². The van der Waals surface area contributed by atoms with E-state index in [0.717, 1.165) is 37.7 Å². The number of alkyl halides is 1. The standard InChI is InChI=1S/C17H24ClNO2/c1-2-9-16(12-7-4-8-13-18)19-17(20)21-14-15-10-5-3-6-11-15/h2-3,5-6,10-11,16H,1,4,7-9,12-14H2,(H,19,20). The molecule has 4 heteroatoms. The Kier molecular flexibility index (Phi) is 9.38. The molecule has 1 rings (SSSR count). The Bertz CT molecular complexity index is 409. The van der Waals surface area contributed by atoms with Crippen LogP contribution in [0.2, 0.25) is 0 Å². The van der Waals surface area contributed by atoms with E-state index >= 15 is 0 Å². The number of nitrogens with one attached hydrogen (secondary N) is 1. The Balaban J connectivity index is 2.29. The fourth-order valence-electron chi connectivity index (χ4n) is 2.04. The van der Waals surface area contributed by atoms with Crippen molar-refractivity contribution < 1.29 is 9.53 Å². The van der Waals surface area contributed by atoms with E-state index in [9.17, 15) is 4.79 Å². The number of alkyl carbamates (subject to hydrolysis) is 1. The Morgan fingerprint density at radius 2 is 2.05 bits per heavy atom. The smallest absolute Gasteiger partial charge is 0.407 e. The van der Waals surface area contributed by atoms with Gasteiger partial charge in [0.15, 0.2) is 0 Å². The predicted molar refractivity (Wildman–Crippen MR) is 87.6 cm³/mol. The lowest BCUT2D eigenvalue weighted by Crippen LogP contribution is -2.34. The second kappa shape index (κ2) is 11.2. The Hall–Kier alpha value is -1.48. The van der Waals surface area contributed by atoms with Crippen molar-refractivity contribution in [3.63, 3.8) is 0 Å². The zero-order valence-electron chi connectivity index (χ0n) is 12.4. The minimum Gasteiger partial charge on any atom is -0.445 e. The minimum absolute atomic E-state index is 0.0844. The highest BCUT2D eigenvalue weighted by Crippen LogP contribution is 2.09. The summed E-state index contributed by atoms with van der Waals surface area (Å²) in [6.45, 7) is 4.02. The van der Waals surface area contributed by atoms with Crippen molar-refractivity contribution in [3.05, 3.63) is 48.6 Å². The first-order valence-electron chi connectivity index (χ1n) is 7.40. The van der Waals surface area contributed by atoms with Gasteiger partial charge >= 0.3 is 6.09 Å². The number of amides is 1. The first kappa shape index (κ1) is 17.6. The van der Waals surface area contributed by atoms with Crippen molar-refractivity contribution in [2.75, 3.05) is 5.88 Å². The van der Waals surface area contributed by atoms with Crippen LogP contribution in [0.4, 0.5) is 4.79 Å². The van der Waals surface area contributed by atoms with Gasteiger partial charge in [0.2, 0.25) is 0 Å². The molecule has 0 aliphatic heterocycles. The lowest BCUT2D eigenvalue weighted by atomic mass is 10.1. The van der Waals surface area contributed by atoms with Crippen LogP contribution in [0.1, 0.15) is 37.7 Å². The highest BCUT2D eigenvalue weighted by Gasteiger charge is 2.11. The summed E-state index contributed by atoms with van der Waals surface area (Å²) in [5.41, 5.74) is 0.982. The molecule has 1 aromatic carbocycles. The fraction of sp³-hybridized carbons (Fsp3) is 0.471. The number of benzene rings is 1. The zero-order valence-corrected chi connectivity index (χ0v) is 13.1. The molecule has 1 unspecified atom stereocenters. The molecule has 0 aliphatic rings. The van der Waals surface area contributed by atoms with Gasteiger partial charge in [-0.25, -0.2) is 4.79 Å². The lowest BCUT2D eigenvalue weighted by Gasteiger charge is -2.17. The van der Waals surface area contributed by atoms with E-state index in [1.165, 1.54) is 0 Å². The van der Waals surface area contributed by atoms with E-state index in [4.69, 9.17) is 16.3 Å². The van der Waals surface area contributed by atoms with Crippen LogP contribution in [-0.4, -0.2) is 18.0 Å². The molecule has 0 radical (unpaired) electrons. The molecule has 0 heterocycles. The van der Waals surface area contributed by atoms with E-state index in [2.05, 4.69) is 11.9 Å². The largest absolute Gasteiger partial charge is 0.445 e. The summed E-state index contributed by atoms with van der Waals surface area (Å²) in [4.78, 5) is 11.8. The molecule has 116 valence electrons. The summed E-state index contributed by atoms with van der Waals surface area (Å²) >= 11 is 5.66. The monoisotopic (exact) mass is 309 g/mol. The van der Waals surface area contributed by atoms with E-state index < -0.39 is 0 Å². The van der Waals surface area contributed by atoms with Gasteiger partial charge in [-0.2, -0.15) is 0 Å². The second-order valence-corrected chi connectivity index (χ2v) is 5.34. The maximum Gasteiger partial charge on any atom is 0.407 e. The van der Waals surface area contributed by atoms with Crippen molar-refractivity contribution in [3.8, 4) is 0 Å². The molecule has 0 bridgehead atoms. The lowest BCUT2D eigenvalue weighted by molar-refractivity contribution is 0.135. The first-order valence-corrected chi connectivity index (χ1v) is 7.93. The first-order chi connectivity index (χ1) is 10.3. The Morgan fingerprint density at radius 3 is 2.71 bits per heavy atom. The molecular weight excluding hydrogens is 286 g/mol. The van der Waals surface area contributed by atoms with Gasteiger partial charge in [-0.15, -0.1) is 18.2 Å². The van der Waals surface area contributed by atoms with Crippen LogP contribution in [0.5, 0.6) is 0 Å². The van der Waals surface area contributed by atoms with Gasteiger partial charge in [-0.1, -0.05) is 49.2 Å². The molecule has 1 aromatic rings. The highest BCUT2D eigenvalue weighted by molar-refractivity contribution is 6.17. The van der Waals surface area contributed by atoms with Crippen molar-refractivity contribution in [2.24, 2.45) is 0 Å². The highest BCUT2D eigenvalue weighted by atomic mass is 35.5. The van der Waals surface area contributed by atoms with Crippen molar-refractivity contribution in [1.29, 1.82) is 0 Å². The molecule has 0 spiro atoms. The third-order valence-electron chi connectivity index (χ3n) is 3.17. The van der Waals surface area contributed by atoms with E-state index in [1.54, 1.807) is 0 Å². The SMILES string of the molecule is C=CCC(CCCCCCl)NC(=O)OCc1ccccc1. The second-order valence-electron chi connectivity index (χ2n) is 4.97. The Morgan fingerprint density at radius 1 is 1.29 bits per heavy atom. The van der Waals surface area contributed by atoms with Crippen molar-refractivity contribution in [1.82, 2.24) is 5.32 Å². The number of halogens is 1. The van der Waals surface area contributed by atoms with Gasteiger partial charge in [-0.3, -0.25) is 0 Å². The molecule has 1 atom stereocenters. The predicted octanol–water partition coefficient (Wildman–Crippen LogP) is 4.66. The van der Waals surface area contributed by atoms with E-state index in [1.807, 2.05) is 36.4 Å². The summed E-state index contributed by atoms with van der Waals surface area (Å²) in [5, 5.41) is 2.90. The van der Waals surface area contributed by atoms with Crippen molar-refractivity contribution >= 4 is 17.7 Å². The molecule has 0 aromatic heterocycles. The van der Waals surface area contributed by atoms with Gasteiger partial charge in [0.25, 0.3) is 0 Å². The zero-order chi connectivity index (χ0) is 15.3. The summed E-state index contributed by atoms with van der Waals surface area (Å²) in [5.74, 6) is 0.693. The Labute approximate surface area is 132 Å².